The van der Waals surface area contributed by atoms with Crippen LogP contribution >= 0.6 is 0 Å². The van der Waals surface area contributed by atoms with Crippen LogP contribution in [0.3, 0.4) is 0 Å². The van der Waals surface area contributed by atoms with Gasteiger partial charge in [-0.25, -0.2) is 19.3 Å². The third-order valence-electron chi connectivity index (χ3n) is 4.70. The lowest BCUT2D eigenvalue weighted by molar-refractivity contribution is 0.482. The fourth-order valence-electron chi connectivity index (χ4n) is 3.33. The maximum absolute atomic E-state index is 13.4. The van der Waals surface area contributed by atoms with Gasteiger partial charge in [0, 0.05) is 11.4 Å². The van der Waals surface area contributed by atoms with Crippen LogP contribution < -0.4 is 21.9 Å². The summed E-state index contributed by atoms with van der Waals surface area (Å²) < 4.78 is 8.64. The Hall–Kier alpha value is -4.59. The third kappa shape index (κ3) is 3.89. The number of anilines is 1. The molecule has 2 heterocycles. The average Bonchev–Trinajstić information content (AvgIpc) is 3.08. The van der Waals surface area contributed by atoms with Gasteiger partial charge in [-0.3, -0.25) is 4.57 Å². The number of fused-ring (bicyclic) bond motifs is 1. The monoisotopic (exact) mass is 426 g/mol. The van der Waals surface area contributed by atoms with Gasteiger partial charge in [0.25, 0.3) is 0 Å². The SMILES string of the molecule is C=C(/C=C(N)\C=C/C)n1c(=O)n(-c2ccc(Oc3ccccc3)cc2)c2c(N)ncnc21. The van der Waals surface area contributed by atoms with Crippen molar-refractivity contribution in [2.24, 2.45) is 5.73 Å². The van der Waals surface area contributed by atoms with Crippen LogP contribution in [0, 0.1) is 0 Å². The molecule has 0 fully saturated rings. The Morgan fingerprint density at radius 2 is 1.75 bits per heavy atom. The van der Waals surface area contributed by atoms with Crippen molar-refractivity contribution < 1.29 is 4.74 Å². The number of allylic oxidation sites excluding steroid dienone is 4. The number of hydrogen-bond acceptors (Lipinski definition) is 6. The van der Waals surface area contributed by atoms with Crippen LogP contribution in [0.1, 0.15) is 6.92 Å². The van der Waals surface area contributed by atoms with Crippen LogP contribution in [0.15, 0.2) is 96.2 Å². The van der Waals surface area contributed by atoms with Gasteiger partial charge in [-0.1, -0.05) is 30.9 Å². The normalized spacial score (nSPS) is 11.8. The quantitative estimate of drug-likeness (QED) is 0.453. The highest BCUT2D eigenvalue weighted by Crippen LogP contribution is 2.25. The molecule has 4 N–H and O–H groups in total. The minimum atomic E-state index is -0.390. The largest absolute Gasteiger partial charge is 0.457 e. The highest BCUT2D eigenvalue weighted by atomic mass is 16.5. The molecule has 4 rings (SSSR count). The van der Waals surface area contributed by atoms with Gasteiger partial charge >= 0.3 is 5.69 Å². The highest BCUT2D eigenvalue weighted by molar-refractivity contribution is 5.87. The first-order chi connectivity index (χ1) is 15.5. The zero-order chi connectivity index (χ0) is 22.7. The molecule has 0 bridgehead atoms. The number of ether oxygens (including phenoxy) is 1. The Labute approximate surface area is 184 Å². The Morgan fingerprint density at radius 3 is 2.44 bits per heavy atom. The molecule has 8 heteroatoms. The summed E-state index contributed by atoms with van der Waals surface area (Å²) >= 11 is 0. The number of para-hydroxylation sites is 1. The number of nitrogens with zero attached hydrogens (tertiary/aromatic N) is 4. The molecule has 8 nitrogen and oxygen atoms in total. The summed E-state index contributed by atoms with van der Waals surface area (Å²) in [5.41, 5.74) is 13.8. The summed E-state index contributed by atoms with van der Waals surface area (Å²) in [6, 6.07) is 16.5. The van der Waals surface area contributed by atoms with Crippen molar-refractivity contribution >= 4 is 22.7 Å². The fourth-order valence-corrected chi connectivity index (χ4v) is 3.33. The second kappa shape index (κ2) is 8.65. The van der Waals surface area contributed by atoms with E-state index in [2.05, 4.69) is 16.5 Å². The van der Waals surface area contributed by atoms with Crippen molar-refractivity contribution in [1.82, 2.24) is 19.1 Å². The number of nitrogen functional groups attached to an aromatic ring is 1. The summed E-state index contributed by atoms with van der Waals surface area (Å²) in [6.07, 6.45) is 6.41. The van der Waals surface area contributed by atoms with Crippen LogP contribution in [0.5, 0.6) is 11.5 Å². The van der Waals surface area contributed by atoms with Crippen molar-refractivity contribution in [3.63, 3.8) is 0 Å². The van der Waals surface area contributed by atoms with Crippen molar-refractivity contribution in [3.8, 4) is 17.2 Å². The highest BCUT2D eigenvalue weighted by Gasteiger charge is 2.20. The predicted molar refractivity (Wildman–Crippen MR) is 126 cm³/mol. The average molecular weight is 426 g/mol. The van der Waals surface area contributed by atoms with Crippen LogP contribution in [0.4, 0.5) is 5.82 Å². The first-order valence-corrected chi connectivity index (χ1v) is 9.86. The molecular formula is C24H22N6O2. The number of imidazole rings is 1. The maximum atomic E-state index is 13.4. The summed E-state index contributed by atoms with van der Waals surface area (Å²) in [7, 11) is 0. The zero-order valence-electron chi connectivity index (χ0n) is 17.5. The van der Waals surface area contributed by atoms with Gasteiger partial charge in [0.15, 0.2) is 11.5 Å². The molecule has 160 valence electrons. The Balaban J connectivity index is 1.81. The van der Waals surface area contributed by atoms with Crippen molar-refractivity contribution in [3.05, 3.63) is 102 Å². The van der Waals surface area contributed by atoms with E-state index in [0.717, 1.165) is 0 Å². The first-order valence-electron chi connectivity index (χ1n) is 9.86. The minimum absolute atomic E-state index is 0.175. The van der Waals surface area contributed by atoms with Crippen LogP contribution in [0.2, 0.25) is 0 Å². The molecule has 0 unspecified atom stereocenters. The van der Waals surface area contributed by atoms with Crippen LogP contribution in [0.25, 0.3) is 22.5 Å². The molecule has 0 aliphatic heterocycles. The van der Waals surface area contributed by atoms with E-state index in [1.54, 1.807) is 42.5 Å². The molecule has 0 aliphatic carbocycles. The summed E-state index contributed by atoms with van der Waals surface area (Å²) in [4.78, 5) is 21.8. The summed E-state index contributed by atoms with van der Waals surface area (Å²) in [6.45, 7) is 5.84. The van der Waals surface area contributed by atoms with E-state index in [-0.39, 0.29) is 5.82 Å². The van der Waals surface area contributed by atoms with E-state index >= 15 is 0 Å². The summed E-state index contributed by atoms with van der Waals surface area (Å²) in [5.74, 6) is 1.52. The van der Waals surface area contributed by atoms with E-state index in [1.165, 1.54) is 15.5 Å². The first kappa shape index (κ1) is 20.7. The number of aromatic nitrogens is 4. The summed E-state index contributed by atoms with van der Waals surface area (Å²) in [5, 5.41) is 0. The number of benzene rings is 2. The molecule has 2 aromatic carbocycles. The van der Waals surface area contributed by atoms with Gasteiger partial charge in [-0.05, 0) is 55.5 Å². The Kier molecular flexibility index (Phi) is 5.59. The van der Waals surface area contributed by atoms with Crippen molar-refractivity contribution in [1.29, 1.82) is 0 Å². The molecule has 0 saturated carbocycles. The third-order valence-corrected chi connectivity index (χ3v) is 4.70. The van der Waals surface area contributed by atoms with Crippen molar-refractivity contribution in [2.45, 2.75) is 6.92 Å². The fraction of sp³-hybridized carbons (Fsp3) is 0.0417. The van der Waals surface area contributed by atoms with Gasteiger partial charge in [-0.2, -0.15) is 0 Å². The molecule has 0 aliphatic rings. The zero-order valence-corrected chi connectivity index (χ0v) is 17.5. The van der Waals surface area contributed by atoms with Crippen LogP contribution in [-0.2, 0) is 0 Å². The molecule has 0 amide bonds. The molecule has 32 heavy (non-hydrogen) atoms. The molecule has 0 atom stereocenters. The predicted octanol–water partition coefficient (Wildman–Crippen LogP) is 3.85. The minimum Gasteiger partial charge on any atom is -0.457 e. The lowest BCUT2D eigenvalue weighted by atomic mass is 10.3. The van der Waals surface area contributed by atoms with Crippen molar-refractivity contribution in [2.75, 3.05) is 5.73 Å². The van der Waals surface area contributed by atoms with E-state index in [1.807, 2.05) is 37.3 Å². The lowest BCUT2D eigenvalue weighted by Gasteiger charge is -2.08. The van der Waals surface area contributed by atoms with Gasteiger partial charge < -0.3 is 16.2 Å². The molecule has 2 aromatic heterocycles. The number of rotatable bonds is 6. The van der Waals surface area contributed by atoms with Crippen LogP contribution in [-0.4, -0.2) is 19.1 Å². The Morgan fingerprint density at radius 1 is 1.06 bits per heavy atom. The second-order valence-electron chi connectivity index (χ2n) is 6.93. The molecule has 0 saturated heterocycles. The van der Waals surface area contributed by atoms with E-state index in [4.69, 9.17) is 16.2 Å². The number of nitrogens with two attached hydrogens (primary N) is 2. The second-order valence-corrected chi connectivity index (χ2v) is 6.93. The molecule has 0 radical (unpaired) electrons. The lowest BCUT2D eigenvalue weighted by Crippen LogP contribution is -2.22. The molecule has 0 spiro atoms. The maximum Gasteiger partial charge on any atom is 0.339 e. The smallest absolute Gasteiger partial charge is 0.339 e. The Bertz CT molecular complexity index is 1400. The number of hydrogen-bond donors (Lipinski definition) is 2. The van der Waals surface area contributed by atoms with Gasteiger partial charge in [-0.15, -0.1) is 0 Å². The molecular weight excluding hydrogens is 404 g/mol. The van der Waals surface area contributed by atoms with E-state index < -0.39 is 5.69 Å². The molecule has 4 aromatic rings. The van der Waals surface area contributed by atoms with Gasteiger partial charge in [0.05, 0.1) is 5.69 Å². The van der Waals surface area contributed by atoms with E-state index in [9.17, 15) is 4.79 Å². The van der Waals surface area contributed by atoms with Gasteiger partial charge in [0.1, 0.15) is 23.3 Å². The van der Waals surface area contributed by atoms with Gasteiger partial charge in [0.2, 0.25) is 0 Å². The van der Waals surface area contributed by atoms with E-state index in [0.29, 0.717) is 39.7 Å². The topological polar surface area (TPSA) is 114 Å². The standard InChI is InChI=1S/C24H22N6O2/c1-3-7-17(25)14-16(2)29-23-21(22(26)27-15-28-23)30(24(29)31)18-10-12-20(13-11-18)32-19-8-5-4-6-9-19/h3-15H,2,25H2,1H3,(H2,26,27,28)/b7-3-,17-14+.